The highest BCUT2D eigenvalue weighted by molar-refractivity contribution is 5.91. The summed E-state index contributed by atoms with van der Waals surface area (Å²) in [5, 5.41) is 7.31. The molecule has 0 saturated carbocycles. The van der Waals surface area contributed by atoms with E-state index in [9.17, 15) is 4.79 Å². The van der Waals surface area contributed by atoms with Gasteiger partial charge < -0.3 is 5.32 Å². The molecule has 120 valence electrons. The van der Waals surface area contributed by atoms with E-state index in [-0.39, 0.29) is 5.91 Å². The van der Waals surface area contributed by atoms with Gasteiger partial charge in [-0.1, -0.05) is 36.4 Å². The van der Waals surface area contributed by atoms with Crippen LogP contribution in [0.1, 0.15) is 11.3 Å². The summed E-state index contributed by atoms with van der Waals surface area (Å²) in [6.07, 6.45) is 5.06. The summed E-state index contributed by atoms with van der Waals surface area (Å²) in [5.74, 6) is -0.139. The van der Waals surface area contributed by atoms with Gasteiger partial charge >= 0.3 is 0 Å². The third-order valence-corrected chi connectivity index (χ3v) is 3.57. The lowest BCUT2D eigenvalue weighted by Crippen LogP contribution is -2.21. The monoisotopic (exact) mass is 318 g/mol. The van der Waals surface area contributed by atoms with Crippen LogP contribution in [-0.2, 0) is 18.4 Å². The van der Waals surface area contributed by atoms with Gasteiger partial charge in [-0.15, -0.1) is 0 Å². The number of nitrogens with zero attached hydrogens (tertiary/aromatic N) is 3. The summed E-state index contributed by atoms with van der Waals surface area (Å²) in [6, 6.07) is 17.3. The minimum atomic E-state index is -0.139. The van der Waals surface area contributed by atoms with Gasteiger partial charge in [0.1, 0.15) is 5.69 Å². The van der Waals surface area contributed by atoms with Crippen molar-refractivity contribution in [3.8, 4) is 11.4 Å². The molecular formula is C19H18N4O. The highest BCUT2D eigenvalue weighted by Gasteiger charge is 2.08. The average Bonchev–Trinajstić information content (AvgIpc) is 3.01. The molecule has 0 atom stereocenters. The van der Waals surface area contributed by atoms with Gasteiger partial charge in [0.25, 0.3) is 0 Å². The van der Waals surface area contributed by atoms with E-state index in [1.165, 1.54) is 6.08 Å². The fourth-order valence-corrected chi connectivity index (χ4v) is 2.28. The van der Waals surface area contributed by atoms with Crippen LogP contribution in [0.25, 0.3) is 17.5 Å². The Hall–Kier alpha value is -3.21. The van der Waals surface area contributed by atoms with Crippen molar-refractivity contribution in [2.75, 3.05) is 0 Å². The standard InChI is InChI=1S/C19H18N4O/c1-23-16(13-18(22-23)17-9-5-6-12-20-17)14-21-19(24)11-10-15-7-3-2-4-8-15/h2-13H,14H2,1H3,(H,21,24). The molecule has 24 heavy (non-hydrogen) atoms. The number of carbonyl (C=O) groups is 1. The third kappa shape index (κ3) is 3.95. The second-order valence-electron chi connectivity index (χ2n) is 5.32. The van der Waals surface area contributed by atoms with E-state index >= 15 is 0 Å². The van der Waals surface area contributed by atoms with Crippen LogP contribution in [-0.4, -0.2) is 20.7 Å². The van der Waals surface area contributed by atoms with Crippen molar-refractivity contribution in [3.63, 3.8) is 0 Å². The molecule has 5 nitrogen and oxygen atoms in total. The highest BCUT2D eigenvalue weighted by Crippen LogP contribution is 2.15. The van der Waals surface area contributed by atoms with E-state index in [2.05, 4.69) is 15.4 Å². The maximum atomic E-state index is 11.9. The number of hydrogen-bond acceptors (Lipinski definition) is 3. The van der Waals surface area contributed by atoms with E-state index in [0.29, 0.717) is 6.54 Å². The van der Waals surface area contributed by atoms with Gasteiger partial charge in [0, 0.05) is 19.3 Å². The maximum Gasteiger partial charge on any atom is 0.244 e. The molecule has 0 radical (unpaired) electrons. The second-order valence-corrected chi connectivity index (χ2v) is 5.32. The second kappa shape index (κ2) is 7.37. The van der Waals surface area contributed by atoms with Gasteiger partial charge in [0.15, 0.2) is 0 Å². The number of aryl methyl sites for hydroxylation is 1. The molecule has 0 aliphatic heterocycles. The molecule has 0 unspecified atom stereocenters. The van der Waals surface area contributed by atoms with Crippen molar-refractivity contribution in [2.45, 2.75) is 6.54 Å². The van der Waals surface area contributed by atoms with Gasteiger partial charge in [0.2, 0.25) is 5.91 Å². The topological polar surface area (TPSA) is 59.8 Å². The molecule has 5 heteroatoms. The molecule has 1 aromatic carbocycles. The first-order valence-electron chi connectivity index (χ1n) is 7.67. The highest BCUT2D eigenvalue weighted by atomic mass is 16.1. The molecular weight excluding hydrogens is 300 g/mol. The molecule has 2 aromatic heterocycles. The van der Waals surface area contributed by atoms with E-state index in [1.807, 2.05) is 61.6 Å². The number of benzene rings is 1. The minimum Gasteiger partial charge on any atom is -0.347 e. The van der Waals surface area contributed by atoms with Gasteiger partial charge in [0.05, 0.1) is 17.9 Å². The molecule has 2 heterocycles. The number of nitrogens with one attached hydrogen (secondary N) is 1. The molecule has 0 bridgehead atoms. The summed E-state index contributed by atoms with van der Waals surface area (Å²) < 4.78 is 1.76. The molecule has 0 spiro atoms. The first kappa shape index (κ1) is 15.7. The zero-order valence-electron chi connectivity index (χ0n) is 13.4. The zero-order valence-corrected chi connectivity index (χ0v) is 13.4. The van der Waals surface area contributed by atoms with Crippen molar-refractivity contribution >= 4 is 12.0 Å². The van der Waals surface area contributed by atoms with Crippen molar-refractivity contribution in [1.82, 2.24) is 20.1 Å². The predicted octanol–water partition coefficient (Wildman–Crippen LogP) is 2.81. The third-order valence-electron chi connectivity index (χ3n) is 3.57. The van der Waals surface area contributed by atoms with E-state index < -0.39 is 0 Å². The largest absolute Gasteiger partial charge is 0.347 e. The van der Waals surface area contributed by atoms with Crippen molar-refractivity contribution in [2.24, 2.45) is 7.05 Å². The Balaban J connectivity index is 1.62. The van der Waals surface area contributed by atoms with Crippen LogP contribution in [0.4, 0.5) is 0 Å². The van der Waals surface area contributed by atoms with Crippen LogP contribution in [0.2, 0.25) is 0 Å². The lowest BCUT2D eigenvalue weighted by Gasteiger charge is -2.02. The number of pyridine rings is 1. The molecule has 1 amide bonds. The Bertz CT molecular complexity index is 838. The summed E-state index contributed by atoms with van der Waals surface area (Å²) in [4.78, 5) is 16.2. The molecule has 0 fully saturated rings. The number of carbonyl (C=O) groups excluding carboxylic acids is 1. The molecule has 0 aliphatic carbocycles. The van der Waals surface area contributed by atoms with Gasteiger partial charge in [-0.2, -0.15) is 5.10 Å². The lowest BCUT2D eigenvalue weighted by atomic mass is 10.2. The van der Waals surface area contributed by atoms with Gasteiger partial charge in [-0.3, -0.25) is 14.5 Å². The average molecular weight is 318 g/mol. The summed E-state index contributed by atoms with van der Waals surface area (Å²) in [7, 11) is 1.85. The van der Waals surface area contributed by atoms with Crippen molar-refractivity contribution < 1.29 is 4.79 Å². The van der Waals surface area contributed by atoms with Crippen LogP contribution >= 0.6 is 0 Å². The van der Waals surface area contributed by atoms with E-state index in [4.69, 9.17) is 0 Å². The van der Waals surface area contributed by atoms with Crippen LogP contribution in [0.15, 0.2) is 66.9 Å². The summed E-state index contributed by atoms with van der Waals surface area (Å²) in [5.41, 5.74) is 3.51. The van der Waals surface area contributed by atoms with E-state index in [1.54, 1.807) is 17.0 Å². The van der Waals surface area contributed by atoms with Crippen molar-refractivity contribution in [1.29, 1.82) is 0 Å². The fraction of sp³-hybridized carbons (Fsp3) is 0.105. The fourth-order valence-electron chi connectivity index (χ4n) is 2.28. The number of amides is 1. The molecule has 1 N–H and O–H groups in total. The quantitative estimate of drug-likeness (QED) is 0.736. The first-order chi connectivity index (χ1) is 11.7. The maximum absolute atomic E-state index is 11.9. The summed E-state index contributed by atoms with van der Waals surface area (Å²) in [6.45, 7) is 0.411. The van der Waals surface area contributed by atoms with Crippen LogP contribution in [0.5, 0.6) is 0 Å². The Morgan fingerprint density at radius 3 is 2.67 bits per heavy atom. The number of hydrogen-bond donors (Lipinski definition) is 1. The molecule has 0 aliphatic rings. The van der Waals surface area contributed by atoms with Crippen LogP contribution in [0, 0.1) is 0 Å². The SMILES string of the molecule is Cn1nc(-c2ccccn2)cc1CNC(=O)C=Cc1ccccc1. The smallest absolute Gasteiger partial charge is 0.244 e. The minimum absolute atomic E-state index is 0.139. The molecule has 0 saturated heterocycles. The van der Waals surface area contributed by atoms with Crippen molar-refractivity contribution in [3.05, 3.63) is 78.1 Å². The first-order valence-corrected chi connectivity index (χ1v) is 7.67. The normalized spacial score (nSPS) is 10.9. The van der Waals surface area contributed by atoms with Crippen LogP contribution < -0.4 is 5.32 Å². The zero-order chi connectivity index (χ0) is 16.8. The van der Waals surface area contributed by atoms with Gasteiger partial charge in [-0.05, 0) is 29.8 Å². The number of aromatic nitrogens is 3. The Labute approximate surface area is 140 Å². The molecule has 3 rings (SSSR count). The predicted molar refractivity (Wildman–Crippen MR) is 93.8 cm³/mol. The van der Waals surface area contributed by atoms with Crippen LogP contribution in [0.3, 0.4) is 0 Å². The Kier molecular flexibility index (Phi) is 4.81. The Morgan fingerprint density at radius 1 is 1.12 bits per heavy atom. The van der Waals surface area contributed by atoms with E-state index in [0.717, 1.165) is 22.6 Å². The Morgan fingerprint density at radius 2 is 1.92 bits per heavy atom. The van der Waals surface area contributed by atoms with Gasteiger partial charge in [-0.25, -0.2) is 0 Å². The number of rotatable bonds is 5. The summed E-state index contributed by atoms with van der Waals surface area (Å²) >= 11 is 0. The lowest BCUT2D eigenvalue weighted by molar-refractivity contribution is -0.116. The molecule has 3 aromatic rings.